The van der Waals surface area contributed by atoms with Gasteiger partial charge in [0.2, 0.25) is 0 Å². The van der Waals surface area contributed by atoms with Crippen molar-refractivity contribution in [2.75, 3.05) is 19.7 Å². The first-order valence-corrected chi connectivity index (χ1v) is 7.59. The average molecular weight is 277 g/mol. The Morgan fingerprint density at radius 3 is 2.90 bits per heavy atom. The van der Waals surface area contributed by atoms with Crippen molar-refractivity contribution in [3.8, 4) is 0 Å². The smallest absolute Gasteiger partial charge is 0.0565 e. The molecule has 1 aromatic rings. The standard InChI is InChI=1S/C16H27N3O/c1-4-19(11-15-7-5-6-13(2)18-15)16(12-17)8-9-20-14(3)10-16/h5-7,14H,4,8-12,17H2,1-3H3. The van der Waals surface area contributed by atoms with E-state index in [1.165, 1.54) is 0 Å². The van der Waals surface area contributed by atoms with E-state index in [9.17, 15) is 0 Å². The van der Waals surface area contributed by atoms with Crippen molar-refractivity contribution in [1.29, 1.82) is 0 Å². The lowest BCUT2D eigenvalue weighted by molar-refractivity contribution is -0.0655. The van der Waals surface area contributed by atoms with Crippen LogP contribution in [0.4, 0.5) is 0 Å². The molecule has 2 N–H and O–H groups in total. The van der Waals surface area contributed by atoms with Crippen molar-refractivity contribution < 1.29 is 4.74 Å². The van der Waals surface area contributed by atoms with E-state index >= 15 is 0 Å². The Morgan fingerprint density at radius 2 is 2.30 bits per heavy atom. The summed E-state index contributed by atoms with van der Waals surface area (Å²) in [6.07, 6.45) is 2.29. The maximum Gasteiger partial charge on any atom is 0.0565 e. The lowest BCUT2D eigenvalue weighted by Gasteiger charge is -2.47. The van der Waals surface area contributed by atoms with Crippen molar-refractivity contribution in [2.24, 2.45) is 5.73 Å². The predicted octanol–water partition coefficient (Wildman–Crippen LogP) is 2.11. The number of nitrogens with two attached hydrogens (primary N) is 1. The Bertz CT molecular complexity index is 437. The molecule has 4 nitrogen and oxygen atoms in total. The average Bonchev–Trinajstić information content (AvgIpc) is 2.44. The van der Waals surface area contributed by atoms with Crippen LogP contribution >= 0.6 is 0 Å². The molecule has 2 atom stereocenters. The van der Waals surface area contributed by atoms with Crippen LogP contribution in [0.15, 0.2) is 18.2 Å². The third-order valence-corrected chi connectivity index (χ3v) is 4.37. The maximum atomic E-state index is 6.14. The minimum Gasteiger partial charge on any atom is -0.378 e. The Labute approximate surface area is 122 Å². The van der Waals surface area contributed by atoms with Crippen molar-refractivity contribution in [1.82, 2.24) is 9.88 Å². The number of likely N-dealkylation sites (N-methyl/N-ethyl adjacent to an activating group) is 1. The van der Waals surface area contributed by atoms with Crippen LogP contribution in [-0.2, 0) is 11.3 Å². The van der Waals surface area contributed by atoms with Gasteiger partial charge in [-0.15, -0.1) is 0 Å². The summed E-state index contributed by atoms with van der Waals surface area (Å²) in [6.45, 7) is 9.71. The van der Waals surface area contributed by atoms with E-state index in [4.69, 9.17) is 10.5 Å². The third-order valence-electron chi connectivity index (χ3n) is 4.37. The summed E-state index contributed by atoms with van der Waals surface area (Å²) in [5, 5.41) is 0. The summed E-state index contributed by atoms with van der Waals surface area (Å²) in [5.41, 5.74) is 8.39. The molecule has 0 aliphatic carbocycles. The number of nitrogens with zero attached hydrogens (tertiary/aromatic N) is 2. The van der Waals surface area contributed by atoms with Crippen LogP contribution in [0.25, 0.3) is 0 Å². The summed E-state index contributed by atoms with van der Waals surface area (Å²) in [4.78, 5) is 7.11. The van der Waals surface area contributed by atoms with Gasteiger partial charge in [0.25, 0.3) is 0 Å². The molecule has 20 heavy (non-hydrogen) atoms. The fourth-order valence-corrected chi connectivity index (χ4v) is 3.25. The molecule has 2 rings (SSSR count). The Balaban J connectivity index is 2.17. The molecule has 0 saturated carbocycles. The monoisotopic (exact) mass is 277 g/mol. The molecule has 4 heteroatoms. The predicted molar refractivity (Wildman–Crippen MR) is 81.5 cm³/mol. The van der Waals surface area contributed by atoms with Gasteiger partial charge in [0.05, 0.1) is 11.8 Å². The van der Waals surface area contributed by atoms with E-state index in [1.807, 2.05) is 13.0 Å². The molecule has 0 amide bonds. The number of aromatic nitrogens is 1. The highest BCUT2D eigenvalue weighted by atomic mass is 16.5. The van der Waals surface area contributed by atoms with E-state index < -0.39 is 0 Å². The van der Waals surface area contributed by atoms with Gasteiger partial charge >= 0.3 is 0 Å². The highest BCUT2D eigenvalue weighted by Gasteiger charge is 2.39. The van der Waals surface area contributed by atoms with Crippen LogP contribution in [0.2, 0.25) is 0 Å². The molecule has 1 fully saturated rings. The summed E-state index contributed by atoms with van der Waals surface area (Å²) < 4.78 is 5.70. The van der Waals surface area contributed by atoms with Gasteiger partial charge in [0, 0.05) is 30.9 Å². The topological polar surface area (TPSA) is 51.4 Å². The second-order valence-electron chi connectivity index (χ2n) is 5.85. The highest BCUT2D eigenvalue weighted by molar-refractivity contribution is 5.11. The normalized spacial score (nSPS) is 26.9. The van der Waals surface area contributed by atoms with E-state index in [1.54, 1.807) is 0 Å². The SMILES string of the molecule is CCN(Cc1cccc(C)n1)C1(CN)CCOC(C)C1. The lowest BCUT2D eigenvalue weighted by atomic mass is 9.85. The van der Waals surface area contributed by atoms with Crippen molar-refractivity contribution in [3.05, 3.63) is 29.6 Å². The number of hydrogen-bond acceptors (Lipinski definition) is 4. The largest absolute Gasteiger partial charge is 0.378 e. The molecule has 0 aromatic carbocycles. The van der Waals surface area contributed by atoms with Crippen LogP contribution in [-0.4, -0.2) is 41.2 Å². The fourth-order valence-electron chi connectivity index (χ4n) is 3.25. The second kappa shape index (κ2) is 6.66. The Morgan fingerprint density at radius 1 is 1.50 bits per heavy atom. The van der Waals surface area contributed by atoms with E-state index in [0.717, 1.165) is 43.9 Å². The zero-order valence-corrected chi connectivity index (χ0v) is 12.9. The summed E-state index contributed by atoms with van der Waals surface area (Å²) in [6, 6.07) is 6.21. The zero-order valence-electron chi connectivity index (χ0n) is 12.9. The quantitative estimate of drug-likeness (QED) is 0.895. The minimum absolute atomic E-state index is 0.0534. The third kappa shape index (κ3) is 3.37. The number of rotatable bonds is 5. The van der Waals surface area contributed by atoms with Gasteiger partial charge in [0.1, 0.15) is 0 Å². The molecule has 1 saturated heterocycles. The second-order valence-corrected chi connectivity index (χ2v) is 5.85. The van der Waals surface area contributed by atoms with Crippen LogP contribution < -0.4 is 5.73 Å². The number of hydrogen-bond donors (Lipinski definition) is 1. The van der Waals surface area contributed by atoms with Crippen molar-refractivity contribution >= 4 is 0 Å². The zero-order chi connectivity index (χ0) is 14.6. The molecule has 2 unspecified atom stereocenters. The van der Waals surface area contributed by atoms with E-state index in [0.29, 0.717) is 6.54 Å². The molecule has 1 aromatic heterocycles. The molecule has 2 heterocycles. The minimum atomic E-state index is 0.0534. The number of aryl methyl sites for hydroxylation is 1. The number of ether oxygens (including phenoxy) is 1. The van der Waals surface area contributed by atoms with Crippen molar-refractivity contribution in [2.45, 2.75) is 51.8 Å². The summed E-state index contributed by atoms with van der Waals surface area (Å²) >= 11 is 0. The van der Waals surface area contributed by atoms with Gasteiger partial charge in [-0.1, -0.05) is 13.0 Å². The van der Waals surface area contributed by atoms with E-state index in [2.05, 4.69) is 35.9 Å². The molecule has 1 aliphatic heterocycles. The van der Waals surface area contributed by atoms with Crippen molar-refractivity contribution in [3.63, 3.8) is 0 Å². The van der Waals surface area contributed by atoms with Gasteiger partial charge in [-0.05, 0) is 45.4 Å². The summed E-state index contributed by atoms with van der Waals surface area (Å²) in [5.74, 6) is 0. The van der Waals surface area contributed by atoms with Gasteiger partial charge in [-0.25, -0.2) is 0 Å². The van der Waals surface area contributed by atoms with Crippen LogP contribution in [0.1, 0.15) is 38.1 Å². The summed E-state index contributed by atoms with van der Waals surface area (Å²) in [7, 11) is 0. The Kier molecular flexibility index (Phi) is 5.13. The maximum absolute atomic E-state index is 6.14. The van der Waals surface area contributed by atoms with Gasteiger partial charge in [0.15, 0.2) is 0 Å². The van der Waals surface area contributed by atoms with Crippen LogP contribution in [0, 0.1) is 6.92 Å². The van der Waals surface area contributed by atoms with Crippen LogP contribution in [0.3, 0.4) is 0 Å². The van der Waals surface area contributed by atoms with Gasteiger partial charge in [-0.3, -0.25) is 9.88 Å². The molecule has 0 radical (unpaired) electrons. The molecule has 112 valence electrons. The first-order chi connectivity index (χ1) is 9.59. The van der Waals surface area contributed by atoms with Gasteiger partial charge < -0.3 is 10.5 Å². The molecule has 0 bridgehead atoms. The van der Waals surface area contributed by atoms with Crippen LogP contribution in [0.5, 0.6) is 0 Å². The van der Waals surface area contributed by atoms with Gasteiger partial charge in [-0.2, -0.15) is 0 Å². The fraction of sp³-hybridized carbons (Fsp3) is 0.688. The molecule has 1 aliphatic rings. The lowest BCUT2D eigenvalue weighted by Crippen LogP contribution is -2.57. The highest BCUT2D eigenvalue weighted by Crippen LogP contribution is 2.31. The molecular weight excluding hydrogens is 250 g/mol. The number of pyridine rings is 1. The molecule has 0 spiro atoms. The van der Waals surface area contributed by atoms with E-state index in [-0.39, 0.29) is 11.6 Å². The molecular formula is C16H27N3O. The first kappa shape index (κ1) is 15.4. The first-order valence-electron chi connectivity index (χ1n) is 7.59. The Hall–Kier alpha value is -0.970.